The number of rotatable bonds is 10. The molecule has 0 aromatic carbocycles. The van der Waals surface area contributed by atoms with Crippen LogP contribution in [0, 0.1) is 5.92 Å². The molecule has 0 radical (unpaired) electrons. The number of aliphatic imine (C=N–C) groups is 1. The Morgan fingerprint density at radius 2 is 2.06 bits per heavy atom. The first-order chi connectivity index (χ1) is 16.6. The van der Waals surface area contributed by atoms with E-state index < -0.39 is 6.41 Å². The molecule has 3 rings (SSSR count). The standard InChI is InChI=1S/C26H42N4O4S/c1-6-12-30(33-7-2)24(31)19-15-22-21(28-23(27)16-19)17-20(35-22)9-8-18-10-13-29(14-11-18)25(32)34-26(3,4)5/h15,17-18,25,32H,6-14,16H2,1-5H3,(H2,27,28). The summed E-state index contributed by atoms with van der Waals surface area (Å²) in [5, 5.41) is 11.8. The van der Waals surface area contributed by atoms with Crippen LogP contribution in [0.15, 0.2) is 16.6 Å². The van der Waals surface area contributed by atoms with Gasteiger partial charge in [0, 0.05) is 36.5 Å². The van der Waals surface area contributed by atoms with Crippen LogP contribution in [-0.4, -0.2) is 65.1 Å². The molecule has 3 N–H and O–H groups in total. The fraction of sp³-hybridized carbons (Fsp3) is 0.692. The van der Waals surface area contributed by atoms with Crippen LogP contribution < -0.4 is 5.73 Å². The zero-order chi connectivity index (χ0) is 25.6. The van der Waals surface area contributed by atoms with E-state index >= 15 is 0 Å². The second-order valence-corrected chi connectivity index (χ2v) is 11.5. The zero-order valence-corrected chi connectivity index (χ0v) is 22.7. The highest BCUT2D eigenvalue weighted by Crippen LogP contribution is 2.36. The molecule has 1 saturated heterocycles. The minimum Gasteiger partial charge on any atom is -0.387 e. The molecule has 1 aromatic heterocycles. The molecule has 0 aliphatic carbocycles. The molecule has 1 atom stereocenters. The number of fused-ring (bicyclic) bond motifs is 1. The maximum Gasteiger partial charge on any atom is 0.273 e. The number of carbonyl (C=O) groups is 1. The summed E-state index contributed by atoms with van der Waals surface area (Å²) in [5.74, 6) is 0.924. The highest BCUT2D eigenvalue weighted by Gasteiger charge is 2.28. The lowest BCUT2D eigenvalue weighted by molar-refractivity contribution is -0.243. The minimum absolute atomic E-state index is 0.140. The number of hydrogen-bond donors (Lipinski definition) is 2. The number of nitrogens with zero attached hydrogens (tertiary/aromatic N) is 3. The number of amides is 1. The number of aryl methyl sites for hydroxylation is 1. The van der Waals surface area contributed by atoms with Gasteiger partial charge < -0.3 is 15.6 Å². The number of hydroxylamine groups is 2. The Kier molecular flexibility index (Phi) is 9.89. The molecule has 1 fully saturated rings. The molecule has 8 nitrogen and oxygen atoms in total. The number of thiophene rings is 1. The maximum absolute atomic E-state index is 13.1. The molecule has 0 spiro atoms. The van der Waals surface area contributed by atoms with Crippen LogP contribution in [0.5, 0.6) is 0 Å². The summed E-state index contributed by atoms with van der Waals surface area (Å²) in [6.45, 7) is 12.4. The zero-order valence-electron chi connectivity index (χ0n) is 21.9. The average Bonchev–Trinajstić information content (AvgIpc) is 3.09. The van der Waals surface area contributed by atoms with Gasteiger partial charge in [-0.25, -0.2) is 10.1 Å². The Morgan fingerprint density at radius 1 is 1.34 bits per heavy atom. The normalized spacial score (nSPS) is 18.5. The number of likely N-dealkylation sites (tertiary alicyclic amines) is 1. The second kappa shape index (κ2) is 12.5. The molecule has 3 heterocycles. The third-order valence-corrected chi connectivity index (χ3v) is 7.30. The third kappa shape index (κ3) is 8.11. The van der Waals surface area contributed by atoms with Crippen molar-refractivity contribution in [3.05, 3.63) is 21.4 Å². The van der Waals surface area contributed by atoms with Gasteiger partial charge in [-0.15, -0.1) is 11.3 Å². The number of aliphatic hydroxyl groups excluding tert-OH is 1. The van der Waals surface area contributed by atoms with Gasteiger partial charge >= 0.3 is 0 Å². The Labute approximate surface area is 213 Å². The number of aliphatic hydroxyl groups is 1. The van der Waals surface area contributed by atoms with Crippen molar-refractivity contribution in [1.82, 2.24) is 9.96 Å². The first-order valence-corrected chi connectivity index (χ1v) is 13.6. The highest BCUT2D eigenvalue weighted by molar-refractivity contribution is 7.13. The summed E-state index contributed by atoms with van der Waals surface area (Å²) < 4.78 is 5.69. The lowest BCUT2D eigenvalue weighted by Crippen LogP contribution is -2.45. The first-order valence-electron chi connectivity index (χ1n) is 12.8. The lowest BCUT2D eigenvalue weighted by Gasteiger charge is -2.37. The number of piperidine rings is 1. The largest absolute Gasteiger partial charge is 0.387 e. The van der Waals surface area contributed by atoms with E-state index in [0.29, 0.717) is 36.9 Å². The van der Waals surface area contributed by atoms with Crippen molar-refractivity contribution >= 4 is 34.8 Å². The van der Waals surface area contributed by atoms with Gasteiger partial charge in [-0.2, -0.15) is 0 Å². The van der Waals surface area contributed by atoms with Crippen LogP contribution in [0.25, 0.3) is 6.08 Å². The molecule has 9 heteroatoms. The van der Waals surface area contributed by atoms with Gasteiger partial charge in [-0.1, -0.05) is 6.92 Å². The quantitative estimate of drug-likeness (QED) is 0.359. The van der Waals surface area contributed by atoms with Gasteiger partial charge in [0.05, 0.1) is 22.8 Å². The predicted octanol–water partition coefficient (Wildman–Crippen LogP) is 4.45. The minimum atomic E-state index is -0.841. The van der Waals surface area contributed by atoms with Crippen LogP contribution in [0.1, 0.15) is 76.5 Å². The van der Waals surface area contributed by atoms with Gasteiger partial charge in [0.15, 0.2) is 0 Å². The number of nitrogens with two attached hydrogens (primary N) is 1. The predicted molar refractivity (Wildman–Crippen MR) is 141 cm³/mol. The molecule has 35 heavy (non-hydrogen) atoms. The van der Waals surface area contributed by atoms with E-state index in [-0.39, 0.29) is 11.5 Å². The van der Waals surface area contributed by atoms with Crippen LogP contribution >= 0.6 is 11.3 Å². The molecule has 2 aliphatic heterocycles. The summed E-state index contributed by atoms with van der Waals surface area (Å²) in [7, 11) is 0. The SMILES string of the molecule is CCCN(OCC)C(=O)C1=Cc2sc(CCC3CCN(C(O)OC(C)(C)C)CC3)cc2N=C(N)C1. The maximum atomic E-state index is 13.1. The molecular formula is C26H42N4O4S. The van der Waals surface area contributed by atoms with Crippen molar-refractivity contribution in [3.63, 3.8) is 0 Å². The van der Waals surface area contributed by atoms with E-state index in [0.717, 1.165) is 55.8 Å². The van der Waals surface area contributed by atoms with Gasteiger partial charge in [-0.3, -0.25) is 14.5 Å². The van der Waals surface area contributed by atoms with E-state index in [1.807, 2.05) is 45.6 Å². The van der Waals surface area contributed by atoms with Gasteiger partial charge in [0.2, 0.25) is 6.41 Å². The summed E-state index contributed by atoms with van der Waals surface area (Å²) in [5.41, 5.74) is 7.27. The number of amidine groups is 1. The molecular weight excluding hydrogens is 464 g/mol. The Bertz CT molecular complexity index is 907. The van der Waals surface area contributed by atoms with E-state index in [2.05, 4.69) is 11.1 Å². The molecule has 2 aliphatic rings. The number of carbonyl (C=O) groups excluding carboxylic acids is 1. The summed E-state index contributed by atoms with van der Waals surface area (Å²) in [6, 6.07) is 2.11. The highest BCUT2D eigenvalue weighted by atomic mass is 32.1. The summed E-state index contributed by atoms with van der Waals surface area (Å²) in [6.07, 6.45) is 6.39. The fourth-order valence-electron chi connectivity index (χ4n) is 4.44. The Hall–Kier alpha value is -1.78. The van der Waals surface area contributed by atoms with E-state index in [1.54, 1.807) is 11.3 Å². The molecule has 196 valence electrons. The number of ether oxygens (including phenoxy) is 1. The van der Waals surface area contributed by atoms with Crippen molar-refractivity contribution < 1.29 is 19.5 Å². The molecule has 1 amide bonds. The van der Waals surface area contributed by atoms with E-state index in [1.165, 1.54) is 9.94 Å². The number of hydrogen-bond acceptors (Lipinski definition) is 8. The van der Waals surface area contributed by atoms with Gasteiger partial charge in [-0.05, 0) is 77.9 Å². The Morgan fingerprint density at radius 3 is 2.69 bits per heavy atom. The van der Waals surface area contributed by atoms with Gasteiger partial charge in [0.1, 0.15) is 5.84 Å². The van der Waals surface area contributed by atoms with Crippen molar-refractivity contribution in [2.45, 2.75) is 85.2 Å². The van der Waals surface area contributed by atoms with Crippen molar-refractivity contribution in [3.8, 4) is 0 Å². The average molecular weight is 507 g/mol. The second-order valence-electron chi connectivity index (χ2n) is 10.3. The van der Waals surface area contributed by atoms with Crippen molar-refractivity contribution in [2.75, 3.05) is 26.2 Å². The summed E-state index contributed by atoms with van der Waals surface area (Å²) in [4.78, 5) is 27.5. The third-order valence-electron chi connectivity index (χ3n) is 6.16. The Balaban J connectivity index is 1.60. The van der Waals surface area contributed by atoms with Crippen LogP contribution in [0.2, 0.25) is 0 Å². The topological polar surface area (TPSA) is 101 Å². The summed E-state index contributed by atoms with van der Waals surface area (Å²) >= 11 is 1.69. The monoisotopic (exact) mass is 506 g/mol. The smallest absolute Gasteiger partial charge is 0.273 e. The fourth-order valence-corrected chi connectivity index (χ4v) is 5.52. The van der Waals surface area contributed by atoms with Crippen molar-refractivity contribution in [1.29, 1.82) is 0 Å². The van der Waals surface area contributed by atoms with E-state index in [4.69, 9.17) is 15.3 Å². The van der Waals surface area contributed by atoms with Crippen molar-refractivity contribution in [2.24, 2.45) is 16.6 Å². The van der Waals surface area contributed by atoms with E-state index in [9.17, 15) is 9.90 Å². The molecule has 0 saturated carbocycles. The van der Waals surface area contributed by atoms with Gasteiger partial charge in [0.25, 0.3) is 5.91 Å². The lowest BCUT2D eigenvalue weighted by atomic mass is 9.92. The molecule has 1 unspecified atom stereocenters. The van der Waals surface area contributed by atoms with Crippen LogP contribution in [0.4, 0.5) is 5.69 Å². The molecule has 1 aromatic rings. The first kappa shape index (κ1) is 27.8. The van der Waals surface area contributed by atoms with Crippen LogP contribution in [-0.2, 0) is 20.8 Å². The molecule has 0 bridgehead atoms. The van der Waals surface area contributed by atoms with Crippen LogP contribution in [0.3, 0.4) is 0 Å².